The van der Waals surface area contributed by atoms with Crippen LogP contribution in [0.15, 0.2) is 47.6 Å². The molecule has 0 aliphatic carbocycles. The quantitative estimate of drug-likeness (QED) is 0.179. The van der Waals surface area contributed by atoms with Crippen molar-refractivity contribution in [1.82, 2.24) is 10.7 Å². The number of hydroxylamine groups is 1. The smallest absolute Gasteiger partial charge is 0.271 e. The third-order valence-electron chi connectivity index (χ3n) is 6.46. The summed E-state index contributed by atoms with van der Waals surface area (Å²) in [5.41, 5.74) is 4.49. The zero-order chi connectivity index (χ0) is 25.8. The molecule has 2 aromatic carbocycles. The summed E-state index contributed by atoms with van der Waals surface area (Å²) in [7, 11) is 0. The molecule has 1 aliphatic rings. The molecule has 194 valence electrons. The van der Waals surface area contributed by atoms with Gasteiger partial charge in [-0.1, -0.05) is 70.8 Å². The second-order valence-electron chi connectivity index (χ2n) is 9.31. The van der Waals surface area contributed by atoms with E-state index in [1.54, 1.807) is 18.2 Å². The number of quaternary nitrogens is 1. The average Bonchev–Trinajstić information content (AvgIpc) is 3.21. The standard InChI is InChI=1S/C28H38N4O4/c1-2-3-4-5-6-7-8-9-10-11-19-29-28(35)24-14-12-13-23-25(20-32(36)26(23)24)30-31-27(34)21-15-17-22(33)18-16-21/h12-18,32-33H,2-11,19-20H2,1H3,(H,29,35)(H,31,34). The maximum Gasteiger partial charge on any atom is 0.271 e. The number of aromatic hydroxyl groups is 1. The van der Waals surface area contributed by atoms with Crippen molar-refractivity contribution in [3.8, 4) is 5.75 Å². The van der Waals surface area contributed by atoms with Crippen LogP contribution in [0.3, 0.4) is 0 Å². The molecule has 0 fully saturated rings. The van der Waals surface area contributed by atoms with Gasteiger partial charge in [0.05, 0.1) is 5.56 Å². The molecule has 8 nitrogen and oxygen atoms in total. The normalized spacial score (nSPS) is 15.6. The van der Waals surface area contributed by atoms with Crippen LogP contribution in [0.2, 0.25) is 0 Å². The lowest BCUT2D eigenvalue weighted by Gasteiger charge is -2.17. The number of phenolic OH excluding ortho intramolecular Hbond substituents is 1. The number of hydrazone groups is 1. The molecule has 1 atom stereocenters. The first kappa shape index (κ1) is 27.4. The topological polar surface area (TPSA) is 118 Å². The molecule has 2 aromatic rings. The second-order valence-corrected chi connectivity index (χ2v) is 9.31. The highest BCUT2D eigenvalue weighted by molar-refractivity contribution is 6.11. The first-order valence-corrected chi connectivity index (χ1v) is 13.1. The Kier molecular flexibility index (Phi) is 10.9. The van der Waals surface area contributed by atoms with Gasteiger partial charge in [-0.2, -0.15) is 5.10 Å². The molecule has 4 N–H and O–H groups in total. The number of phenols is 1. The van der Waals surface area contributed by atoms with Gasteiger partial charge in [0, 0.05) is 12.1 Å². The van der Waals surface area contributed by atoms with E-state index in [0.717, 1.165) is 12.8 Å². The zero-order valence-corrected chi connectivity index (χ0v) is 21.1. The van der Waals surface area contributed by atoms with E-state index in [0.29, 0.717) is 34.6 Å². The maximum atomic E-state index is 12.8. The third-order valence-corrected chi connectivity index (χ3v) is 6.46. The highest BCUT2D eigenvalue weighted by atomic mass is 16.5. The van der Waals surface area contributed by atoms with Crippen molar-refractivity contribution in [3.63, 3.8) is 0 Å². The number of para-hydroxylation sites is 1. The molecule has 1 heterocycles. The van der Waals surface area contributed by atoms with E-state index in [9.17, 15) is 19.9 Å². The van der Waals surface area contributed by atoms with Gasteiger partial charge in [0.25, 0.3) is 11.8 Å². The fourth-order valence-corrected chi connectivity index (χ4v) is 4.42. The molecule has 0 radical (unpaired) electrons. The van der Waals surface area contributed by atoms with Gasteiger partial charge in [0.2, 0.25) is 0 Å². The molecule has 0 aromatic heterocycles. The molecular formula is C28H38N4O4. The number of carbonyl (C=O) groups is 2. The predicted octanol–water partition coefficient (Wildman–Crippen LogP) is 4.20. The summed E-state index contributed by atoms with van der Waals surface area (Å²) in [6.45, 7) is 2.83. The molecule has 0 saturated heterocycles. The summed E-state index contributed by atoms with van der Waals surface area (Å²) in [5.74, 6) is -0.647. The molecule has 8 heteroatoms. The Morgan fingerprint density at radius 1 is 0.917 bits per heavy atom. The predicted molar refractivity (Wildman–Crippen MR) is 142 cm³/mol. The molecule has 3 rings (SSSR count). The molecule has 0 spiro atoms. The second kappa shape index (κ2) is 14.4. The Hall–Kier alpha value is -3.23. The van der Waals surface area contributed by atoms with Gasteiger partial charge in [-0.15, -0.1) is 0 Å². The minimum absolute atomic E-state index is 0.0218. The number of carbonyl (C=O) groups excluding carboxylic acids is 2. The fraction of sp³-hybridized carbons (Fsp3) is 0.464. The van der Waals surface area contributed by atoms with Gasteiger partial charge in [0.1, 0.15) is 23.6 Å². The van der Waals surface area contributed by atoms with Crippen LogP contribution in [0.4, 0.5) is 5.69 Å². The number of amides is 2. The van der Waals surface area contributed by atoms with E-state index in [-0.39, 0.29) is 23.3 Å². The Morgan fingerprint density at radius 3 is 2.22 bits per heavy atom. The Morgan fingerprint density at radius 2 is 1.56 bits per heavy atom. The number of hydrogen-bond acceptors (Lipinski definition) is 5. The van der Waals surface area contributed by atoms with Crippen molar-refractivity contribution in [2.24, 2.45) is 5.10 Å². The van der Waals surface area contributed by atoms with Gasteiger partial charge in [-0.05, 0) is 42.8 Å². The van der Waals surface area contributed by atoms with Gasteiger partial charge in [0.15, 0.2) is 5.69 Å². The number of nitrogens with one attached hydrogen (secondary N) is 3. The molecule has 0 saturated carbocycles. The van der Waals surface area contributed by atoms with E-state index in [2.05, 4.69) is 22.8 Å². The van der Waals surface area contributed by atoms with Gasteiger partial charge in [-0.3, -0.25) is 9.59 Å². The van der Waals surface area contributed by atoms with Crippen LogP contribution in [0.25, 0.3) is 0 Å². The zero-order valence-electron chi connectivity index (χ0n) is 21.1. The Bertz CT molecular complexity index is 1040. The van der Waals surface area contributed by atoms with E-state index in [4.69, 9.17) is 0 Å². The van der Waals surface area contributed by atoms with Crippen molar-refractivity contribution in [1.29, 1.82) is 0 Å². The average molecular weight is 495 g/mol. The van der Waals surface area contributed by atoms with Crippen LogP contribution in [0, 0.1) is 5.21 Å². The number of fused-ring (bicyclic) bond motifs is 1. The van der Waals surface area contributed by atoms with Crippen molar-refractivity contribution in [2.75, 3.05) is 13.1 Å². The first-order chi connectivity index (χ1) is 17.5. The Labute approximate surface area is 213 Å². The van der Waals surface area contributed by atoms with Crippen LogP contribution in [0.1, 0.15) is 97.4 Å². The van der Waals surface area contributed by atoms with E-state index >= 15 is 0 Å². The first-order valence-electron chi connectivity index (χ1n) is 13.1. The van der Waals surface area contributed by atoms with Crippen LogP contribution in [0.5, 0.6) is 5.75 Å². The van der Waals surface area contributed by atoms with Crippen LogP contribution in [-0.4, -0.2) is 35.7 Å². The largest absolute Gasteiger partial charge is 0.629 e. The molecule has 2 amide bonds. The summed E-state index contributed by atoms with van der Waals surface area (Å²) in [4.78, 5) is 25.1. The monoisotopic (exact) mass is 494 g/mol. The van der Waals surface area contributed by atoms with Crippen molar-refractivity contribution in [2.45, 2.75) is 71.1 Å². The minimum Gasteiger partial charge on any atom is -0.629 e. The van der Waals surface area contributed by atoms with Crippen LogP contribution >= 0.6 is 0 Å². The lowest BCUT2D eigenvalue weighted by Crippen LogP contribution is -3.01. The number of rotatable bonds is 14. The minimum atomic E-state index is -0.450. The molecular weight excluding hydrogens is 456 g/mol. The van der Waals surface area contributed by atoms with Crippen molar-refractivity contribution < 1.29 is 19.8 Å². The van der Waals surface area contributed by atoms with Crippen LogP contribution in [-0.2, 0) is 0 Å². The summed E-state index contributed by atoms with van der Waals surface area (Å²) in [6, 6.07) is 10.9. The Balaban J connectivity index is 1.47. The summed E-state index contributed by atoms with van der Waals surface area (Å²) >= 11 is 0. The lowest BCUT2D eigenvalue weighted by atomic mass is 10.1. The van der Waals surface area contributed by atoms with E-state index < -0.39 is 5.91 Å². The lowest BCUT2D eigenvalue weighted by molar-refractivity contribution is -0.760. The third kappa shape index (κ3) is 7.90. The number of nitrogens with zero attached hydrogens (tertiary/aromatic N) is 1. The number of hydrogen-bond donors (Lipinski definition) is 4. The van der Waals surface area contributed by atoms with Crippen molar-refractivity contribution >= 4 is 23.2 Å². The fourth-order valence-electron chi connectivity index (χ4n) is 4.42. The number of unbranched alkanes of at least 4 members (excludes halogenated alkanes) is 9. The summed E-state index contributed by atoms with van der Waals surface area (Å²) in [5, 5.41) is 29.0. The van der Waals surface area contributed by atoms with E-state index in [1.165, 1.54) is 75.6 Å². The summed E-state index contributed by atoms with van der Waals surface area (Å²) in [6.07, 6.45) is 12.3. The highest BCUT2D eigenvalue weighted by Gasteiger charge is 2.31. The molecule has 0 bridgehead atoms. The SMILES string of the molecule is CCCCCCCCCCCCNC(=O)c1cccc2c1[NH+]([O-])CC2=NNC(=O)c1ccc(O)cc1. The summed E-state index contributed by atoms with van der Waals surface area (Å²) < 4.78 is 0. The van der Waals surface area contributed by atoms with E-state index in [1.807, 2.05) is 0 Å². The van der Waals surface area contributed by atoms with Gasteiger partial charge in [-0.25, -0.2) is 5.43 Å². The maximum absolute atomic E-state index is 12.8. The molecule has 36 heavy (non-hydrogen) atoms. The van der Waals surface area contributed by atoms with Crippen LogP contribution < -0.4 is 15.8 Å². The molecule has 1 unspecified atom stereocenters. The highest BCUT2D eigenvalue weighted by Crippen LogP contribution is 2.22. The van der Waals surface area contributed by atoms with Gasteiger partial charge < -0.3 is 20.7 Å². The van der Waals surface area contributed by atoms with Crippen molar-refractivity contribution in [3.05, 3.63) is 64.4 Å². The number of benzene rings is 2. The molecule has 1 aliphatic heterocycles. The van der Waals surface area contributed by atoms with Gasteiger partial charge >= 0.3 is 0 Å².